The zero-order valence-electron chi connectivity index (χ0n) is 21.6. The van der Waals surface area contributed by atoms with E-state index in [2.05, 4.69) is 10.6 Å². The van der Waals surface area contributed by atoms with E-state index in [1.54, 1.807) is 44.4 Å². The van der Waals surface area contributed by atoms with Gasteiger partial charge in [-0.2, -0.15) is 0 Å². The van der Waals surface area contributed by atoms with E-state index in [1.165, 1.54) is 21.3 Å². The molecule has 0 aliphatic carbocycles. The van der Waals surface area contributed by atoms with Crippen LogP contribution in [0.1, 0.15) is 17.2 Å². The third kappa shape index (κ3) is 5.73. The fraction of sp³-hybridized carbons (Fsp3) is 0.385. The van der Waals surface area contributed by atoms with Crippen molar-refractivity contribution in [2.45, 2.75) is 18.5 Å². The van der Waals surface area contributed by atoms with E-state index in [0.29, 0.717) is 28.2 Å². The Morgan fingerprint density at radius 2 is 1.62 bits per heavy atom. The van der Waals surface area contributed by atoms with Crippen LogP contribution in [0.2, 0.25) is 0 Å². The molecular weight excluding hydrogens is 480 g/mol. The molecule has 11 nitrogen and oxygen atoms in total. The molecule has 1 aliphatic rings. The Morgan fingerprint density at radius 3 is 2.22 bits per heavy atom. The van der Waals surface area contributed by atoms with Gasteiger partial charge >= 0.3 is 11.9 Å². The molecule has 2 unspecified atom stereocenters. The topological polar surface area (TPSA) is 146 Å². The van der Waals surface area contributed by atoms with Crippen LogP contribution in [-0.4, -0.2) is 82.7 Å². The first-order valence-electron chi connectivity index (χ1n) is 11.6. The van der Waals surface area contributed by atoms with E-state index in [-0.39, 0.29) is 18.9 Å². The Kier molecular flexibility index (Phi) is 8.51. The number of carbonyl (C=O) groups is 4. The van der Waals surface area contributed by atoms with Gasteiger partial charge in [0.1, 0.15) is 24.1 Å². The summed E-state index contributed by atoms with van der Waals surface area (Å²) in [5.74, 6) is -1.12. The van der Waals surface area contributed by atoms with E-state index in [4.69, 9.17) is 19.9 Å². The minimum absolute atomic E-state index is 0.142. The Morgan fingerprint density at radius 1 is 1.00 bits per heavy atom. The number of nitrogens with two attached hydrogens (primary N) is 1. The monoisotopic (exact) mass is 513 g/mol. The van der Waals surface area contributed by atoms with Crippen LogP contribution in [-0.2, 0) is 30.3 Å². The molecule has 37 heavy (non-hydrogen) atoms. The van der Waals surface area contributed by atoms with Crippen LogP contribution >= 0.6 is 0 Å². The molecule has 0 aromatic heterocycles. The highest BCUT2D eigenvalue weighted by molar-refractivity contribution is 5.91. The van der Waals surface area contributed by atoms with Crippen molar-refractivity contribution in [3.8, 4) is 22.6 Å². The largest absolute Gasteiger partial charge is 0.496 e. The Labute approximate surface area is 215 Å². The summed E-state index contributed by atoms with van der Waals surface area (Å²) in [6.45, 7) is -0.687. The van der Waals surface area contributed by atoms with E-state index < -0.39 is 40.9 Å². The highest BCUT2D eigenvalue weighted by Gasteiger charge is 2.42. The molecule has 0 saturated heterocycles. The maximum atomic E-state index is 13.5. The molecule has 0 fully saturated rings. The summed E-state index contributed by atoms with van der Waals surface area (Å²) in [7, 11) is 7.46. The Balaban J connectivity index is 2.30. The smallest absolute Gasteiger partial charge is 0.328 e. The van der Waals surface area contributed by atoms with Gasteiger partial charge in [0.2, 0.25) is 11.9 Å². The van der Waals surface area contributed by atoms with Crippen LogP contribution in [0.25, 0.3) is 11.1 Å². The van der Waals surface area contributed by atoms with Crippen molar-refractivity contribution in [3.63, 3.8) is 0 Å². The Hall–Kier alpha value is -3.96. The fourth-order valence-electron chi connectivity index (χ4n) is 4.48. The lowest BCUT2D eigenvalue weighted by Crippen LogP contribution is -2.56. The fourth-order valence-corrected chi connectivity index (χ4v) is 4.48. The number of nitrogens with one attached hydrogen (secondary N) is 2. The number of esters is 1. The third-order valence-corrected chi connectivity index (χ3v) is 6.49. The van der Waals surface area contributed by atoms with Gasteiger partial charge in [0.05, 0.1) is 42.0 Å². The van der Waals surface area contributed by atoms with Crippen LogP contribution in [0, 0.1) is 0 Å². The predicted octanol–water partition coefficient (Wildman–Crippen LogP) is 0.304. The quantitative estimate of drug-likeness (QED) is 0.382. The van der Waals surface area contributed by atoms with Crippen molar-refractivity contribution >= 4 is 23.7 Å². The number of ether oxygens (including phenoxy) is 3. The van der Waals surface area contributed by atoms with Crippen LogP contribution < -0.4 is 25.8 Å². The second-order valence-corrected chi connectivity index (χ2v) is 9.10. The zero-order valence-corrected chi connectivity index (χ0v) is 21.6. The number of amides is 3. The number of likely N-dealkylation sites (N-methyl/N-ethyl adjacent to an activating group) is 1. The van der Waals surface area contributed by atoms with Crippen LogP contribution in [0.3, 0.4) is 0 Å². The molecule has 1 heterocycles. The first kappa shape index (κ1) is 27.6. The van der Waals surface area contributed by atoms with Gasteiger partial charge in [0.25, 0.3) is 5.91 Å². The van der Waals surface area contributed by atoms with E-state index in [1.807, 2.05) is 6.07 Å². The molecule has 0 radical (unpaired) electrons. The predicted molar refractivity (Wildman–Crippen MR) is 135 cm³/mol. The number of fused-ring (bicyclic) bond motifs is 5. The van der Waals surface area contributed by atoms with Crippen molar-refractivity contribution in [2.24, 2.45) is 5.73 Å². The van der Waals surface area contributed by atoms with Gasteiger partial charge in [-0.1, -0.05) is 6.07 Å². The molecule has 4 N–H and O–H groups in total. The van der Waals surface area contributed by atoms with Gasteiger partial charge in [-0.05, 0) is 35.9 Å². The van der Waals surface area contributed by atoms with Gasteiger partial charge in [-0.25, -0.2) is 9.59 Å². The summed E-state index contributed by atoms with van der Waals surface area (Å²) in [6.07, 6.45) is 0.142. The number of benzene rings is 2. The van der Waals surface area contributed by atoms with Crippen LogP contribution in [0.5, 0.6) is 11.5 Å². The molecule has 2 aromatic rings. The van der Waals surface area contributed by atoms with Crippen molar-refractivity contribution in [1.29, 1.82) is 0 Å². The lowest BCUT2D eigenvalue weighted by Gasteiger charge is -2.34. The summed E-state index contributed by atoms with van der Waals surface area (Å²) in [6, 6.07) is 8.51. The van der Waals surface area contributed by atoms with Gasteiger partial charge in [-0.15, -0.1) is 0 Å². The molecular formula is C26H33N4O7+. The molecule has 0 spiro atoms. The van der Waals surface area contributed by atoms with Crippen LogP contribution in [0.15, 0.2) is 36.4 Å². The van der Waals surface area contributed by atoms with E-state index in [9.17, 15) is 19.2 Å². The number of hydrogen-bond acceptors (Lipinski definition) is 8. The number of nitrogens with zero attached hydrogens (tertiary/aromatic N) is 1. The van der Waals surface area contributed by atoms with Gasteiger partial charge < -0.3 is 30.6 Å². The molecule has 198 valence electrons. The van der Waals surface area contributed by atoms with Crippen molar-refractivity contribution in [3.05, 3.63) is 47.5 Å². The van der Waals surface area contributed by atoms with Crippen molar-refractivity contribution in [2.75, 3.05) is 48.5 Å². The number of carbonyl (C=O) groups excluding carboxylic acids is 4. The molecule has 11 heteroatoms. The second-order valence-electron chi connectivity index (χ2n) is 9.10. The molecule has 2 atom stereocenters. The number of rotatable bonds is 5. The number of quaternary nitrogens is 1. The van der Waals surface area contributed by atoms with Crippen molar-refractivity contribution in [1.82, 2.24) is 10.6 Å². The third-order valence-electron chi connectivity index (χ3n) is 6.49. The highest BCUT2D eigenvalue weighted by Crippen LogP contribution is 2.40. The van der Waals surface area contributed by atoms with Gasteiger partial charge in [-0.3, -0.25) is 14.1 Å². The first-order valence-corrected chi connectivity index (χ1v) is 11.6. The Bertz CT molecular complexity index is 1210. The summed E-state index contributed by atoms with van der Waals surface area (Å²) < 4.78 is 15.7. The molecule has 4 bridgehead atoms. The first-order chi connectivity index (χ1) is 17.6. The number of hydrogen-bond donors (Lipinski definition) is 3. The molecule has 3 rings (SSSR count). The lowest BCUT2D eigenvalue weighted by atomic mass is 9.93. The summed E-state index contributed by atoms with van der Waals surface area (Å²) in [5.41, 5.74) is 8.16. The van der Waals surface area contributed by atoms with E-state index in [0.717, 1.165) is 5.56 Å². The van der Waals surface area contributed by atoms with Gasteiger partial charge in [0, 0.05) is 23.1 Å². The van der Waals surface area contributed by atoms with E-state index >= 15 is 0 Å². The average molecular weight is 514 g/mol. The zero-order chi connectivity index (χ0) is 27.3. The standard InChI is InChI=1S/C26H32N4O7/c1-30(2,23(32)13-27)24-16-7-9-21(36-4)18(12-16)17-10-15(6-8-20(17)35-3)11-19(26(34)37-5)29-22(31)14-28-25(24)33/h6-10,12,19,24H,11,13-14,27H2,1-5H3,(H-,28,29,31,33)/p+1. The summed E-state index contributed by atoms with van der Waals surface area (Å²) >= 11 is 0. The van der Waals surface area contributed by atoms with Gasteiger partial charge in [0.15, 0.2) is 0 Å². The second kappa shape index (κ2) is 11.4. The minimum Gasteiger partial charge on any atom is -0.496 e. The SMILES string of the molecule is COC(=O)C1Cc2ccc(OC)c(c2)-c2cc(ccc2OC)C([N+](C)(C)C(=O)CN)C(=O)NCC(=O)N1. The molecule has 3 amide bonds. The summed E-state index contributed by atoms with van der Waals surface area (Å²) in [5, 5.41) is 5.22. The van der Waals surface area contributed by atoms with Crippen LogP contribution in [0.4, 0.5) is 0 Å². The molecule has 0 saturated carbocycles. The molecule has 2 aromatic carbocycles. The normalized spacial score (nSPS) is 18.1. The minimum atomic E-state index is -1.04. The van der Waals surface area contributed by atoms with Crippen molar-refractivity contribution < 1.29 is 37.9 Å². The highest BCUT2D eigenvalue weighted by atomic mass is 16.5. The number of methoxy groups -OCH3 is 3. The summed E-state index contributed by atoms with van der Waals surface area (Å²) in [4.78, 5) is 51.5. The molecule has 1 aliphatic heterocycles. The lowest BCUT2D eigenvalue weighted by molar-refractivity contribution is -0.836. The average Bonchev–Trinajstić information content (AvgIpc) is 2.89. The maximum Gasteiger partial charge on any atom is 0.328 e. The maximum absolute atomic E-state index is 13.5.